The van der Waals surface area contributed by atoms with Gasteiger partial charge in [0, 0.05) is 30.8 Å². The Hall–Kier alpha value is -1.28. The lowest BCUT2D eigenvalue weighted by Gasteiger charge is -2.43. The molecule has 4 nitrogen and oxygen atoms in total. The molecule has 5 heteroatoms. The number of ether oxygens (including phenoxy) is 1. The molecule has 0 radical (unpaired) electrons. The van der Waals surface area contributed by atoms with Crippen LogP contribution in [0.2, 0.25) is 5.02 Å². The lowest BCUT2D eigenvalue weighted by molar-refractivity contribution is -0.108. The Kier molecular flexibility index (Phi) is 4.31. The van der Waals surface area contributed by atoms with E-state index in [4.69, 9.17) is 21.6 Å². The highest BCUT2D eigenvalue weighted by Gasteiger charge is 2.44. The van der Waals surface area contributed by atoms with Crippen molar-refractivity contribution in [3.63, 3.8) is 0 Å². The minimum Gasteiger partial charge on any atom is -0.390 e. The number of benzene rings is 1. The third-order valence-electron chi connectivity index (χ3n) is 5.02. The summed E-state index contributed by atoms with van der Waals surface area (Å²) in [6.45, 7) is 4.08. The standard InChI is InChI=1S/C17H21ClN2O2/c1-17(21)6-8-22-11-14(17)16-3-2-7-20(16)13-5-4-12(10-19)15(18)9-13/h4-5,9,14,16,21H,2-3,6-8,11H2,1H3/t14-,16+,17-/m0/s1. The van der Waals surface area contributed by atoms with Crippen LogP contribution in [-0.2, 0) is 4.74 Å². The molecule has 0 saturated carbocycles. The molecule has 1 aromatic rings. The normalized spacial score (nSPS) is 32.0. The zero-order valence-corrected chi connectivity index (χ0v) is 13.5. The predicted octanol–water partition coefficient (Wildman–Crippen LogP) is 2.97. The largest absolute Gasteiger partial charge is 0.390 e. The average Bonchev–Trinajstić information content (AvgIpc) is 2.95. The van der Waals surface area contributed by atoms with Gasteiger partial charge in [-0.05, 0) is 44.4 Å². The smallest absolute Gasteiger partial charge is 0.101 e. The molecule has 22 heavy (non-hydrogen) atoms. The van der Waals surface area contributed by atoms with Crippen molar-refractivity contribution in [3.05, 3.63) is 28.8 Å². The molecular weight excluding hydrogens is 300 g/mol. The maximum atomic E-state index is 10.7. The van der Waals surface area contributed by atoms with Gasteiger partial charge in [-0.15, -0.1) is 0 Å². The van der Waals surface area contributed by atoms with Crippen LogP contribution < -0.4 is 4.90 Å². The number of nitriles is 1. The molecule has 3 rings (SSSR count). The van der Waals surface area contributed by atoms with Crippen LogP contribution in [0.1, 0.15) is 31.7 Å². The minimum absolute atomic E-state index is 0.0955. The predicted molar refractivity (Wildman–Crippen MR) is 86.1 cm³/mol. The summed E-state index contributed by atoms with van der Waals surface area (Å²) in [5.74, 6) is 0.0955. The fourth-order valence-electron chi connectivity index (χ4n) is 3.68. The summed E-state index contributed by atoms with van der Waals surface area (Å²) < 4.78 is 5.62. The molecule has 2 aliphatic heterocycles. The van der Waals surface area contributed by atoms with E-state index in [9.17, 15) is 5.11 Å². The molecule has 0 amide bonds. The second kappa shape index (κ2) is 6.08. The Morgan fingerprint density at radius 2 is 2.32 bits per heavy atom. The molecule has 2 heterocycles. The van der Waals surface area contributed by atoms with Crippen LogP contribution >= 0.6 is 11.6 Å². The summed E-state index contributed by atoms with van der Waals surface area (Å²) in [6, 6.07) is 7.91. The number of rotatable bonds is 2. The van der Waals surface area contributed by atoms with E-state index in [-0.39, 0.29) is 12.0 Å². The summed E-state index contributed by atoms with van der Waals surface area (Å²) in [5, 5.41) is 20.2. The fraction of sp³-hybridized carbons (Fsp3) is 0.588. The van der Waals surface area contributed by atoms with Gasteiger partial charge in [0.2, 0.25) is 0 Å². The Labute approximate surface area is 136 Å². The highest BCUT2D eigenvalue weighted by molar-refractivity contribution is 6.32. The second-order valence-corrected chi connectivity index (χ2v) is 6.87. The van der Waals surface area contributed by atoms with Gasteiger partial charge in [0.1, 0.15) is 6.07 Å². The van der Waals surface area contributed by atoms with Gasteiger partial charge in [0.05, 0.1) is 22.8 Å². The van der Waals surface area contributed by atoms with Gasteiger partial charge in [0.15, 0.2) is 0 Å². The van der Waals surface area contributed by atoms with Crippen molar-refractivity contribution >= 4 is 17.3 Å². The van der Waals surface area contributed by atoms with Gasteiger partial charge in [-0.2, -0.15) is 5.26 Å². The van der Waals surface area contributed by atoms with Crippen molar-refractivity contribution in [1.29, 1.82) is 5.26 Å². The number of halogens is 1. The Balaban J connectivity index is 1.87. The number of hydrogen-bond acceptors (Lipinski definition) is 4. The van der Waals surface area contributed by atoms with E-state index in [1.54, 1.807) is 6.07 Å². The molecule has 0 unspecified atom stereocenters. The maximum Gasteiger partial charge on any atom is 0.101 e. The van der Waals surface area contributed by atoms with E-state index in [2.05, 4.69) is 11.0 Å². The SMILES string of the molecule is C[C@]1(O)CCOC[C@H]1[C@H]1CCCN1c1ccc(C#N)c(Cl)c1. The third kappa shape index (κ3) is 2.81. The van der Waals surface area contributed by atoms with Gasteiger partial charge in [0.25, 0.3) is 0 Å². The van der Waals surface area contributed by atoms with E-state index in [0.717, 1.165) is 25.1 Å². The first-order valence-electron chi connectivity index (χ1n) is 7.79. The number of anilines is 1. The zero-order chi connectivity index (χ0) is 15.7. The van der Waals surface area contributed by atoms with Crippen LogP contribution in [0, 0.1) is 17.2 Å². The van der Waals surface area contributed by atoms with Gasteiger partial charge in [-0.25, -0.2) is 0 Å². The Morgan fingerprint density at radius 1 is 1.50 bits per heavy atom. The zero-order valence-electron chi connectivity index (χ0n) is 12.8. The molecule has 2 saturated heterocycles. The van der Waals surface area contributed by atoms with Crippen molar-refractivity contribution in [3.8, 4) is 6.07 Å². The molecule has 1 N–H and O–H groups in total. The topological polar surface area (TPSA) is 56.5 Å². The Bertz CT molecular complexity index is 597. The summed E-state index contributed by atoms with van der Waals surface area (Å²) in [4.78, 5) is 2.31. The van der Waals surface area contributed by atoms with Gasteiger partial charge < -0.3 is 14.7 Å². The summed E-state index contributed by atoms with van der Waals surface area (Å²) in [7, 11) is 0. The van der Waals surface area contributed by atoms with Crippen molar-refractivity contribution in [1.82, 2.24) is 0 Å². The molecular formula is C17H21ClN2O2. The van der Waals surface area contributed by atoms with Crippen LogP contribution in [0.15, 0.2) is 18.2 Å². The minimum atomic E-state index is -0.693. The van der Waals surface area contributed by atoms with E-state index < -0.39 is 5.60 Å². The monoisotopic (exact) mass is 320 g/mol. The lowest BCUT2D eigenvalue weighted by atomic mass is 9.79. The van der Waals surface area contributed by atoms with Gasteiger partial charge in [-0.1, -0.05) is 11.6 Å². The Morgan fingerprint density at radius 3 is 3.00 bits per heavy atom. The molecule has 3 atom stereocenters. The summed E-state index contributed by atoms with van der Waals surface area (Å²) in [5.41, 5.74) is 0.823. The molecule has 0 spiro atoms. The third-order valence-corrected chi connectivity index (χ3v) is 5.33. The lowest BCUT2D eigenvalue weighted by Crippen LogP contribution is -2.52. The van der Waals surface area contributed by atoms with Crippen molar-refractivity contribution < 1.29 is 9.84 Å². The first-order chi connectivity index (χ1) is 10.5. The molecule has 0 aliphatic carbocycles. The van der Waals surface area contributed by atoms with Crippen LogP contribution in [0.4, 0.5) is 5.69 Å². The van der Waals surface area contributed by atoms with Gasteiger partial charge in [-0.3, -0.25) is 0 Å². The van der Waals surface area contributed by atoms with Crippen LogP contribution in [0.5, 0.6) is 0 Å². The first kappa shape index (κ1) is 15.6. The maximum absolute atomic E-state index is 10.7. The molecule has 118 valence electrons. The van der Waals surface area contributed by atoms with Gasteiger partial charge >= 0.3 is 0 Å². The first-order valence-corrected chi connectivity index (χ1v) is 8.17. The van der Waals surface area contributed by atoms with Crippen molar-refractivity contribution in [2.24, 2.45) is 5.92 Å². The number of nitrogens with zero attached hydrogens (tertiary/aromatic N) is 2. The van der Waals surface area contributed by atoms with Crippen LogP contribution in [0.25, 0.3) is 0 Å². The molecule has 0 aromatic heterocycles. The molecule has 0 bridgehead atoms. The second-order valence-electron chi connectivity index (χ2n) is 6.47. The highest BCUT2D eigenvalue weighted by atomic mass is 35.5. The summed E-state index contributed by atoms with van der Waals surface area (Å²) in [6.07, 6.45) is 2.81. The van der Waals surface area contributed by atoms with Crippen LogP contribution in [0.3, 0.4) is 0 Å². The number of aliphatic hydroxyl groups is 1. The van der Waals surface area contributed by atoms with Crippen LogP contribution in [-0.4, -0.2) is 36.5 Å². The average molecular weight is 321 g/mol. The fourth-order valence-corrected chi connectivity index (χ4v) is 3.90. The van der Waals surface area contributed by atoms with E-state index in [1.807, 2.05) is 19.1 Å². The van der Waals surface area contributed by atoms with Crippen molar-refractivity contribution in [2.75, 3.05) is 24.7 Å². The highest BCUT2D eigenvalue weighted by Crippen LogP contribution is 2.38. The van der Waals surface area contributed by atoms with E-state index >= 15 is 0 Å². The molecule has 2 fully saturated rings. The number of hydrogen-bond donors (Lipinski definition) is 1. The quantitative estimate of drug-likeness (QED) is 0.910. The van der Waals surface area contributed by atoms with E-state index in [1.165, 1.54) is 0 Å². The molecule has 1 aromatic carbocycles. The van der Waals surface area contributed by atoms with E-state index in [0.29, 0.717) is 30.2 Å². The summed E-state index contributed by atoms with van der Waals surface area (Å²) >= 11 is 6.17. The van der Waals surface area contributed by atoms with Crippen molar-refractivity contribution in [2.45, 2.75) is 37.8 Å². The molecule has 2 aliphatic rings.